The Bertz CT molecular complexity index is 391. The number of benzene rings is 1. The molecule has 0 unspecified atom stereocenters. The second-order valence-corrected chi connectivity index (χ2v) is 4.80. The van der Waals surface area contributed by atoms with Gasteiger partial charge in [-0.3, -0.25) is 4.99 Å². The highest BCUT2D eigenvalue weighted by atomic mass is 127. The van der Waals surface area contributed by atoms with Gasteiger partial charge < -0.3 is 16.2 Å². The van der Waals surface area contributed by atoms with Crippen LogP contribution in [-0.2, 0) is 6.42 Å². The van der Waals surface area contributed by atoms with Gasteiger partial charge in [-0.2, -0.15) is 0 Å². The number of rotatable bonds is 7. The number of nitrogens with one attached hydrogen (secondary N) is 1. The van der Waals surface area contributed by atoms with Gasteiger partial charge in [-0.25, -0.2) is 0 Å². The maximum atomic E-state index is 10.1. The van der Waals surface area contributed by atoms with Crippen LogP contribution in [0.15, 0.2) is 35.3 Å². The van der Waals surface area contributed by atoms with Gasteiger partial charge in [-0.05, 0) is 24.8 Å². The van der Waals surface area contributed by atoms with E-state index >= 15 is 0 Å². The summed E-state index contributed by atoms with van der Waals surface area (Å²) in [6, 6.07) is 10.2. The van der Waals surface area contributed by atoms with Crippen LogP contribution in [0.25, 0.3) is 0 Å². The van der Waals surface area contributed by atoms with E-state index in [1.54, 1.807) is 0 Å². The highest BCUT2D eigenvalue weighted by Gasteiger charge is 2.21. The van der Waals surface area contributed by atoms with Crippen molar-refractivity contribution < 1.29 is 5.11 Å². The number of nitrogens with two attached hydrogens (primary N) is 1. The van der Waals surface area contributed by atoms with Crippen LogP contribution in [0, 0.1) is 0 Å². The smallest absolute Gasteiger partial charge is 0.188 e. The molecule has 5 heteroatoms. The molecule has 0 aromatic heterocycles. The summed E-state index contributed by atoms with van der Waals surface area (Å²) in [6.45, 7) is 5.01. The summed E-state index contributed by atoms with van der Waals surface area (Å²) >= 11 is 0. The van der Waals surface area contributed by atoms with Gasteiger partial charge in [-0.15, -0.1) is 24.0 Å². The Morgan fingerprint density at radius 2 is 1.85 bits per heavy atom. The van der Waals surface area contributed by atoms with Crippen molar-refractivity contribution >= 4 is 29.9 Å². The zero-order chi connectivity index (χ0) is 14.1. The fourth-order valence-electron chi connectivity index (χ4n) is 1.74. The van der Waals surface area contributed by atoms with E-state index in [0.29, 0.717) is 25.3 Å². The third kappa shape index (κ3) is 7.09. The minimum Gasteiger partial charge on any atom is -0.388 e. The van der Waals surface area contributed by atoms with Crippen molar-refractivity contribution in [2.75, 3.05) is 13.1 Å². The quantitative estimate of drug-likeness (QED) is 0.380. The molecule has 0 aliphatic heterocycles. The topological polar surface area (TPSA) is 70.6 Å². The standard InChI is InChI=1S/C15H25N3O.HI/c1-3-15(19,4-2)12-18-14(16)17-11-10-13-8-6-5-7-9-13;/h5-9,19H,3-4,10-12H2,1-2H3,(H3,16,17,18);1H. The van der Waals surface area contributed by atoms with E-state index in [1.165, 1.54) is 5.56 Å². The van der Waals surface area contributed by atoms with E-state index in [-0.39, 0.29) is 24.0 Å². The molecule has 0 bridgehead atoms. The molecule has 4 N–H and O–H groups in total. The summed E-state index contributed by atoms with van der Waals surface area (Å²) < 4.78 is 0. The van der Waals surface area contributed by atoms with Crippen molar-refractivity contribution in [3.05, 3.63) is 35.9 Å². The van der Waals surface area contributed by atoms with Crippen LogP contribution in [0.5, 0.6) is 0 Å². The molecule has 0 heterocycles. The lowest BCUT2D eigenvalue weighted by Crippen LogP contribution is -2.37. The Balaban J connectivity index is 0.00000361. The van der Waals surface area contributed by atoms with Crippen LogP contribution in [-0.4, -0.2) is 29.8 Å². The molecule has 0 atom stereocenters. The minimum atomic E-state index is -0.730. The lowest BCUT2D eigenvalue weighted by atomic mass is 9.98. The first-order valence-corrected chi connectivity index (χ1v) is 6.89. The Hall–Kier alpha value is -0.820. The molecular weight excluding hydrogens is 365 g/mol. The molecule has 0 saturated heterocycles. The molecular formula is C15H26IN3O. The zero-order valence-corrected chi connectivity index (χ0v) is 14.6. The SMILES string of the molecule is CCC(O)(CC)CN=C(N)NCCc1ccccc1.I. The van der Waals surface area contributed by atoms with Crippen molar-refractivity contribution in [1.29, 1.82) is 0 Å². The third-order valence-corrected chi connectivity index (χ3v) is 3.42. The van der Waals surface area contributed by atoms with E-state index < -0.39 is 5.60 Å². The summed E-state index contributed by atoms with van der Waals surface area (Å²) in [5.74, 6) is 0.399. The second kappa shape index (κ2) is 9.99. The van der Waals surface area contributed by atoms with Crippen molar-refractivity contribution in [2.24, 2.45) is 10.7 Å². The molecule has 1 aromatic carbocycles. The van der Waals surface area contributed by atoms with E-state index in [1.807, 2.05) is 32.0 Å². The maximum Gasteiger partial charge on any atom is 0.188 e. The van der Waals surface area contributed by atoms with Crippen LogP contribution in [0.4, 0.5) is 0 Å². The summed E-state index contributed by atoms with van der Waals surface area (Å²) in [7, 11) is 0. The molecule has 0 fully saturated rings. The molecule has 4 nitrogen and oxygen atoms in total. The molecule has 0 aliphatic rings. The molecule has 0 amide bonds. The fraction of sp³-hybridized carbons (Fsp3) is 0.533. The van der Waals surface area contributed by atoms with Crippen LogP contribution in [0.1, 0.15) is 32.3 Å². The van der Waals surface area contributed by atoms with Gasteiger partial charge in [0.15, 0.2) is 5.96 Å². The number of nitrogens with zero attached hydrogens (tertiary/aromatic N) is 1. The Morgan fingerprint density at radius 1 is 1.25 bits per heavy atom. The average Bonchev–Trinajstić information content (AvgIpc) is 2.46. The lowest BCUT2D eigenvalue weighted by molar-refractivity contribution is 0.0418. The summed E-state index contributed by atoms with van der Waals surface area (Å²) in [4.78, 5) is 4.20. The molecule has 0 radical (unpaired) electrons. The van der Waals surface area contributed by atoms with Crippen LogP contribution in [0.3, 0.4) is 0 Å². The van der Waals surface area contributed by atoms with Gasteiger partial charge in [0, 0.05) is 6.54 Å². The van der Waals surface area contributed by atoms with E-state index in [2.05, 4.69) is 22.4 Å². The van der Waals surface area contributed by atoms with Crippen LogP contribution < -0.4 is 11.1 Å². The maximum absolute atomic E-state index is 10.1. The largest absolute Gasteiger partial charge is 0.388 e. The third-order valence-electron chi connectivity index (χ3n) is 3.42. The first-order chi connectivity index (χ1) is 9.09. The van der Waals surface area contributed by atoms with E-state index in [0.717, 1.165) is 13.0 Å². The Labute approximate surface area is 138 Å². The fourth-order valence-corrected chi connectivity index (χ4v) is 1.74. The summed E-state index contributed by atoms with van der Waals surface area (Å²) in [5, 5.41) is 13.2. The van der Waals surface area contributed by atoms with Gasteiger partial charge in [0.2, 0.25) is 0 Å². The number of aliphatic imine (C=N–C) groups is 1. The predicted molar refractivity (Wildman–Crippen MR) is 95.6 cm³/mol. The van der Waals surface area contributed by atoms with Crippen molar-refractivity contribution in [3.63, 3.8) is 0 Å². The highest BCUT2D eigenvalue weighted by Crippen LogP contribution is 2.14. The first-order valence-electron chi connectivity index (χ1n) is 6.89. The van der Waals surface area contributed by atoms with Gasteiger partial charge in [0.1, 0.15) is 0 Å². The molecule has 0 saturated carbocycles. The molecule has 20 heavy (non-hydrogen) atoms. The minimum absolute atomic E-state index is 0. The highest BCUT2D eigenvalue weighted by molar-refractivity contribution is 14.0. The molecule has 0 spiro atoms. The summed E-state index contributed by atoms with van der Waals surface area (Å²) in [5.41, 5.74) is 6.32. The number of hydrogen-bond donors (Lipinski definition) is 3. The predicted octanol–water partition coefficient (Wildman–Crippen LogP) is 2.30. The number of hydrogen-bond acceptors (Lipinski definition) is 2. The first kappa shape index (κ1) is 19.2. The van der Waals surface area contributed by atoms with Gasteiger partial charge >= 0.3 is 0 Å². The number of halogens is 1. The second-order valence-electron chi connectivity index (χ2n) is 4.80. The molecule has 0 aliphatic carbocycles. The molecule has 114 valence electrons. The van der Waals surface area contributed by atoms with E-state index in [4.69, 9.17) is 5.73 Å². The van der Waals surface area contributed by atoms with Gasteiger partial charge in [-0.1, -0.05) is 44.2 Å². The number of aliphatic hydroxyl groups is 1. The van der Waals surface area contributed by atoms with Gasteiger partial charge in [0.25, 0.3) is 0 Å². The van der Waals surface area contributed by atoms with Gasteiger partial charge in [0.05, 0.1) is 12.1 Å². The summed E-state index contributed by atoms with van der Waals surface area (Å²) in [6.07, 6.45) is 2.28. The van der Waals surface area contributed by atoms with Crippen molar-refractivity contribution in [2.45, 2.75) is 38.7 Å². The van der Waals surface area contributed by atoms with Crippen LogP contribution in [0.2, 0.25) is 0 Å². The van der Waals surface area contributed by atoms with Crippen LogP contribution >= 0.6 is 24.0 Å². The average molecular weight is 391 g/mol. The number of guanidine groups is 1. The molecule has 1 rings (SSSR count). The normalized spacial score (nSPS) is 11.8. The van der Waals surface area contributed by atoms with Crippen molar-refractivity contribution in [1.82, 2.24) is 5.32 Å². The Kier molecular flexibility index (Phi) is 9.58. The Morgan fingerprint density at radius 3 is 2.40 bits per heavy atom. The zero-order valence-electron chi connectivity index (χ0n) is 12.3. The van der Waals surface area contributed by atoms with Crippen molar-refractivity contribution in [3.8, 4) is 0 Å². The molecule has 1 aromatic rings. The van der Waals surface area contributed by atoms with E-state index in [9.17, 15) is 5.11 Å². The lowest BCUT2D eigenvalue weighted by Gasteiger charge is -2.22. The monoisotopic (exact) mass is 391 g/mol.